The van der Waals surface area contributed by atoms with Crippen LogP contribution >= 0.6 is 0 Å². The molecule has 4 nitrogen and oxygen atoms in total. The second kappa shape index (κ2) is 6.54. The van der Waals surface area contributed by atoms with Gasteiger partial charge in [-0.2, -0.15) is 0 Å². The maximum atomic E-state index is 12.6. The van der Waals surface area contributed by atoms with Crippen LogP contribution < -0.4 is 5.32 Å². The first kappa shape index (κ1) is 15.7. The van der Waals surface area contributed by atoms with E-state index in [-0.39, 0.29) is 5.91 Å². The van der Waals surface area contributed by atoms with Crippen molar-refractivity contribution in [1.29, 1.82) is 0 Å². The molecule has 0 saturated heterocycles. The van der Waals surface area contributed by atoms with Gasteiger partial charge < -0.3 is 10.3 Å². The molecule has 0 aliphatic carbocycles. The number of H-pyrrole nitrogens is 1. The van der Waals surface area contributed by atoms with Gasteiger partial charge in [0.05, 0.1) is 5.57 Å². The maximum Gasteiger partial charge on any atom is 0.252 e. The number of rotatable bonds is 4. The number of fused-ring (bicyclic) bond motifs is 1. The Morgan fingerprint density at radius 1 is 1.04 bits per heavy atom. The fourth-order valence-electron chi connectivity index (χ4n) is 2.98. The molecule has 1 heterocycles. The molecule has 0 unspecified atom stereocenters. The van der Waals surface area contributed by atoms with Crippen molar-refractivity contribution in [2.45, 2.75) is 6.92 Å². The van der Waals surface area contributed by atoms with Gasteiger partial charge in [-0.1, -0.05) is 48.5 Å². The minimum atomic E-state index is -0.284. The smallest absolute Gasteiger partial charge is 0.252 e. The lowest BCUT2D eigenvalue weighted by molar-refractivity contribution is -0.115. The van der Waals surface area contributed by atoms with Crippen LogP contribution in [0.3, 0.4) is 0 Å². The molecule has 0 fully saturated rings. The quantitative estimate of drug-likeness (QED) is 0.572. The SMILES string of the molecule is CNC(=O)/C(=C(\C=O)c1ccccc1)c1c(C)[nH]c2ccccc12. The van der Waals surface area contributed by atoms with Gasteiger partial charge in [0.25, 0.3) is 5.91 Å². The average molecular weight is 318 g/mol. The van der Waals surface area contributed by atoms with Gasteiger partial charge >= 0.3 is 0 Å². The zero-order valence-electron chi connectivity index (χ0n) is 13.6. The fourth-order valence-corrected chi connectivity index (χ4v) is 2.98. The number of amides is 1. The minimum absolute atomic E-state index is 0.284. The number of aromatic nitrogens is 1. The average Bonchev–Trinajstić information content (AvgIpc) is 2.95. The molecular weight excluding hydrogens is 300 g/mol. The first-order valence-electron chi connectivity index (χ1n) is 7.72. The van der Waals surface area contributed by atoms with Crippen molar-refractivity contribution in [1.82, 2.24) is 10.3 Å². The van der Waals surface area contributed by atoms with Crippen LogP contribution in [0, 0.1) is 6.92 Å². The van der Waals surface area contributed by atoms with E-state index in [1.807, 2.05) is 61.5 Å². The third-order valence-corrected chi connectivity index (χ3v) is 4.07. The van der Waals surface area contributed by atoms with E-state index in [1.165, 1.54) is 0 Å². The zero-order valence-corrected chi connectivity index (χ0v) is 13.6. The highest BCUT2D eigenvalue weighted by atomic mass is 16.1. The number of carbonyl (C=O) groups is 2. The molecule has 1 aromatic heterocycles. The van der Waals surface area contributed by atoms with Gasteiger partial charge in [-0.05, 0) is 18.6 Å². The normalized spacial score (nSPS) is 11.9. The van der Waals surface area contributed by atoms with Crippen LogP contribution in [0.4, 0.5) is 0 Å². The third-order valence-electron chi connectivity index (χ3n) is 4.07. The standard InChI is InChI=1S/C20H18N2O2/c1-13-18(15-10-6-7-11-17(15)22-13)19(20(24)21-2)16(12-23)14-8-4-3-5-9-14/h3-12,22H,1-2H3,(H,21,24)/b19-16+. The van der Waals surface area contributed by atoms with Crippen LogP contribution in [-0.4, -0.2) is 24.2 Å². The monoisotopic (exact) mass is 318 g/mol. The molecule has 0 aliphatic rings. The van der Waals surface area contributed by atoms with E-state index >= 15 is 0 Å². The van der Waals surface area contributed by atoms with E-state index in [1.54, 1.807) is 7.05 Å². The van der Waals surface area contributed by atoms with Crippen LogP contribution in [0.1, 0.15) is 16.8 Å². The Hall–Kier alpha value is -3.14. The molecule has 0 saturated carbocycles. The first-order chi connectivity index (χ1) is 11.7. The Morgan fingerprint density at radius 3 is 2.38 bits per heavy atom. The van der Waals surface area contributed by atoms with Gasteiger partial charge in [0.15, 0.2) is 6.29 Å². The number of benzene rings is 2. The molecule has 120 valence electrons. The van der Waals surface area contributed by atoms with E-state index in [2.05, 4.69) is 10.3 Å². The van der Waals surface area contributed by atoms with Gasteiger partial charge in [-0.25, -0.2) is 0 Å². The van der Waals surface area contributed by atoms with Crippen molar-refractivity contribution >= 4 is 34.2 Å². The predicted molar refractivity (Wildman–Crippen MR) is 96.4 cm³/mol. The van der Waals surface area contributed by atoms with E-state index in [9.17, 15) is 9.59 Å². The number of para-hydroxylation sites is 1. The van der Waals surface area contributed by atoms with Crippen LogP contribution in [0.15, 0.2) is 54.6 Å². The van der Waals surface area contributed by atoms with Crippen molar-refractivity contribution in [2.24, 2.45) is 0 Å². The lowest BCUT2D eigenvalue weighted by atomic mass is 9.93. The van der Waals surface area contributed by atoms with Crippen molar-refractivity contribution in [3.05, 3.63) is 71.4 Å². The molecule has 2 N–H and O–H groups in total. The topological polar surface area (TPSA) is 62.0 Å². The van der Waals surface area contributed by atoms with Gasteiger partial charge in [0.2, 0.25) is 0 Å². The van der Waals surface area contributed by atoms with Crippen LogP contribution in [0.25, 0.3) is 22.0 Å². The molecule has 4 heteroatoms. The number of likely N-dealkylation sites (N-methyl/N-ethyl adjacent to an activating group) is 1. The van der Waals surface area contributed by atoms with Crippen molar-refractivity contribution in [3.8, 4) is 0 Å². The molecule has 1 amide bonds. The molecular formula is C20H18N2O2. The van der Waals surface area contributed by atoms with E-state index in [0.717, 1.165) is 34.0 Å². The number of aryl methyl sites for hydroxylation is 1. The number of allylic oxidation sites excluding steroid dienone is 1. The molecule has 0 spiro atoms. The Kier molecular flexibility index (Phi) is 4.29. The van der Waals surface area contributed by atoms with Gasteiger partial charge in [0, 0.05) is 34.8 Å². The first-order valence-corrected chi connectivity index (χ1v) is 7.72. The second-order valence-electron chi connectivity index (χ2n) is 5.52. The Labute approximate surface area is 140 Å². The molecule has 2 aromatic carbocycles. The second-order valence-corrected chi connectivity index (χ2v) is 5.52. The van der Waals surface area contributed by atoms with Crippen LogP contribution in [0.2, 0.25) is 0 Å². The highest BCUT2D eigenvalue weighted by molar-refractivity contribution is 6.37. The summed E-state index contributed by atoms with van der Waals surface area (Å²) in [6.45, 7) is 1.91. The van der Waals surface area contributed by atoms with Gasteiger partial charge in [0.1, 0.15) is 0 Å². The summed E-state index contributed by atoms with van der Waals surface area (Å²) in [7, 11) is 1.57. The van der Waals surface area contributed by atoms with Crippen LogP contribution in [0.5, 0.6) is 0 Å². The number of hydrogen-bond acceptors (Lipinski definition) is 2. The molecule has 0 atom stereocenters. The van der Waals surface area contributed by atoms with Crippen LogP contribution in [-0.2, 0) is 9.59 Å². The number of nitrogens with one attached hydrogen (secondary N) is 2. The summed E-state index contributed by atoms with van der Waals surface area (Å²) < 4.78 is 0. The lowest BCUT2D eigenvalue weighted by Gasteiger charge is -2.12. The Morgan fingerprint density at radius 2 is 1.71 bits per heavy atom. The van der Waals surface area contributed by atoms with E-state index in [0.29, 0.717) is 11.1 Å². The molecule has 0 radical (unpaired) electrons. The Bertz CT molecular complexity index is 937. The number of aldehydes is 1. The summed E-state index contributed by atoms with van der Waals surface area (Å²) in [6, 6.07) is 17.0. The maximum absolute atomic E-state index is 12.6. The molecule has 24 heavy (non-hydrogen) atoms. The van der Waals surface area contributed by atoms with Gasteiger partial charge in [-0.15, -0.1) is 0 Å². The Balaban J connectivity index is 2.39. The predicted octanol–water partition coefficient (Wildman–Crippen LogP) is 3.33. The van der Waals surface area contributed by atoms with Crippen molar-refractivity contribution in [2.75, 3.05) is 7.05 Å². The molecule has 3 aromatic rings. The summed E-state index contributed by atoms with van der Waals surface area (Å²) in [5, 5.41) is 3.58. The summed E-state index contributed by atoms with van der Waals surface area (Å²) in [5.41, 5.74) is 4.03. The summed E-state index contributed by atoms with van der Waals surface area (Å²) >= 11 is 0. The summed E-state index contributed by atoms with van der Waals surface area (Å²) in [5.74, 6) is -0.284. The van der Waals surface area contributed by atoms with Crippen molar-refractivity contribution < 1.29 is 9.59 Å². The fraction of sp³-hybridized carbons (Fsp3) is 0.100. The third kappa shape index (κ3) is 2.63. The van der Waals surface area contributed by atoms with E-state index < -0.39 is 0 Å². The van der Waals surface area contributed by atoms with E-state index in [4.69, 9.17) is 0 Å². The molecule has 0 aliphatic heterocycles. The molecule has 3 rings (SSSR count). The zero-order chi connectivity index (χ0) is 17.1. The van der Waals surface area contributed by atoms with Gasteiger partial charge in [-0.3, -0.25) is 9.59 Å². The summed E-state index contributed by atoms with van der Waals surface area (Å²) in [4.78, 5) is 27.8. The minimum Gasteiger partial charge on any atom is -0.358 e. The highest BCUT2D eigenvalue weighted by Gasteiger charge is 2.22. The number of hydrogen-bond donors (Lipinski definition) is 2. The largest absolute Gasteiger partial charge is 0.358 e. The highest BCUT2D eigenvalue weighted by Crippen LogP contribution is 2.33. The summed E-state index contributed by atoms with van der Waals surface area (Å²) in [6.07, 6.45) is 0.751. The number of carbonyl (C=O) groups excluding carboxylic acids is 2. The molecule has 0 bridgehead atoms. The van der Waals surface area contributed by atoms with Crippen molar-refractivity contribution in [3.63, 3.8) is 0 Å². The lowest BCUT2D eigenvalue weighted by Crippen LogP contribution is -2.21. The number of aromatic amines is 1.